The fraction of sp³-hybridized carbons (Fsp3) is 0.875. The van der Waals surface area contributed by atoms with E-state index in [9.17, 15) is 9.59 Å². The molecule has 0 aromatic heterocycles. The molecule has 6 heteroatoms. The van der Waals surface area contributed by atoms with E-state index in [4.69, 9.17) is 16.3 Å². The molecule has 1 N–H and O–H groups in total. The molecule has 128 valence electrons. The molecule has 0 aliphatic carbocycles. The van der Waals surface area contributed by atoms with Gasteiger partial charge in [0.15, 0.2) is 0 Å². The summed E-state index contributed by atoms with van der Waals surface area (Å²) in [6, 6.07) is 0. The van der Waals surface area contributed by atoms with Crippen molar-refractivity contribution in [2.75, 3.05) is 25.5 Å². The Kier molecular flexibility index (Phi) is 6.53. The lowest BCUT2D eigenvalue weighted by molar-refractivity contribution is -0.119. The Hall–Kier alpha value is -0.970. The number of amides is 2. The number of piperidine rings is 1. The first kappa shape index (κ1) is 19.1. The van der Waals surface area contributed by atoms with E-state index in [-0.39, 0.29) is 23.3 Å². The summed E-state index contributed by atoms with van der Waals surface area (Å²) in [5.41, 5.74) is -0.471. The molecule has 0 bridgehead atoms. The number of hydrogen-bond acceptors (Lipinski definition) is 3. The molecule has 0 aromatic rings. The van der Waals surface area contributed by atoms with Gasteiger partial charge in [-0.05, 0) is 44.9 Å². The van der Waals surface area contributed by atoms with Gasteiger partial charge in [0.05, 0.1) is 0 Å². The number of hydrogen-bond donors (Lipinski definition) is 1. The largest absolute Gasteiger partial charge is 0.444 e. The number of carbonyl (C=O) groups excluding carboxylic acids is 2. The molecule has 1 rings (SSSR count). The normalized spacial score (nSPS) is 17.3. The standard InChI is InChI=1S/C16H29ClN2O3/c1-15(2,3)22-14(21)19-8-6-12(7-9-19)16(4,5)11-18-13(20)10-17/h12H,6-11H2,1-5H3,(H,18,20). The third-order valence-corrected chi connectivity index (χ3v) is 4.36. The Morgan fingerprint density at radius 3 is 2.18 bits per heavy atom. The summed E-state index contributed by atoms with van der Waals surface area (Å²) in [6.07, 6.45) is 1.60. The number of halogens is 1. The highest BCUT2D eigenvalue weighted by molar-refractivity contribution is 6.27. The molecule has 0 unspecified atom stereocenters. The Labute approximate surface area is 138 Å². The van der Waals surface area contributed by atoms with Gasteiger partial charge >= 0.3 is 6.09 Å². The van der Waals surface area contributed by atoms with Crippen molar-refractivity contribution in [3.8, 4) is 0 Å². The molecule has 1 aliphatic rings. The fourth-order valence-electron chi connectivity index (χ4n) is 2.69. The van der Waals surface area contributed by atoms with Crippen molar-refractivity contribution in [3.05, 3.63) is 0 Å². The summed E-state index contributed by atoms with van der Waals surface area (Å²) in [4.78, 5) is 25.1. The summed E-state index contributed by atoms with van der Waals surface area (Å²) in [5.74, 6) is 0.315. The number of ether oxygens (including phenoxy) is 1. The van der Waals surface area contributed by atoms with E-state index in [1.54, 1.807) is 4.90 Å². The maximum Gasteiger partial charge on any atom is 0.410 e. The lowest BCUT2D eigenvalue weighted by Gasteiger charge is -2.41. The Morgan fingerprint density at radius 1 is 1.18 bits per heavy atom. The van der Waals surface area contributed by atoms with Gasteiger partial charge < -0.3 is 15.0 Å². The molecule has 1 aliphatic heterocycles. The summed E-state index contributed by atoms with van der Waals surface area (Å²) in [5, 5.41) is 2.86. The van der Waals surface area contributed by atoms with Crippen molar-refractivity contribution in [1.82, 2.24) is 10.2 Å². The predicted octanol–water partition coefficient (Wildman–Crippen LogP) is 3.01. The minimum Gasteiger partial charge on any atom is -0.444 e. The second-order valence-corrected chi connectivity index (χ2v) is 7.91. The highest BCUT2D eigenvalue weighted by Crippen LogP contribution is 2.34. The summed E-state index contributed by atoms with van der Waals surface area (Å²) >= 11 is 5.50. The van der Waals surface area contributed by atoms with E-state index in [1.807, 2.05) is 20.8 Å². The topological polar surface area (TPSA) is 58.6 Å². The minimum absolute atomic E-state index is 0.00678. The quantitative estimate of drug-likeness (QED) is 0.805. The number of alkyl halides is 1. The highest BCUT2D eigenvalue weighted by atomic mass is 35.5. The first-order chi connectivity index (χ1) is 10.0. The molecule has 1 saturated heterocycles. The lowest BCUT2D eigenvalue weighted by Crippen LogP contribution is -2.46. The van der Waals surface area contributed by atoms with E-state index in [1.165, 1.54) is 0 Å². The van der Waals surface area contributed by atoms with Gasteiger partial charge in [0.2, 0.25) is 5.91 Å². The molecule has 0 spiro atoms. The monoisotopic (exact) mass is 332 g/mol. The van der Waals surface area contributed by atoms with Crippen molar-refractivity contribution in [2.24, 2.45) is 11.3 Å². The summed E-state index contributed by atoms with van der Waals surface area (Å²) < 4.78 is 5.41. The zero-order valence-corrected chi connectivity index (χ0v) is 15.1. The van der Waals surface area contributed by atoms with Gasteiger partial charge in [0.25, 0.3) is 0 Å². The number of nitrogens with one attached hydrogen (secondary N) is 1. The maximum absolute atomic E-state index is 12.1. The van der Waals surface area contributed by atoms with Gasteiger partial charge in [-0.15, -0.1) is 11.6 Å². The molecule has 5 nitrogen and oxygen atoms in total. The molecular formula is C16H29ClN2O3. The van der Waals surface area contributed by atoms with Crippen LogP contribution in [0.2, 0.25) is 0 Å². The van der Waals surface area contributed by atoms with Crippen LogP contribution < -0.4 is 5.32 Å². The van der Waals surface area contributed by atoms with Crippen LogP contribution in [-0.2, 0) is 9.53 Å². The molecule has 0 atom stereocenters. The van der Waals surface area contributed by atoms with E-state index < -0.39 is 5.60 Å². The SMILES string of the molecule is CC(C)(C)OC(=O)N1CCC(C(C)(C)CNC(=O)CCl)CC1. The van der Waals surface area contributed by atoms with Crippen LogP contribution in [0.3, 0.4) is 0 Å². The molecule has 2 amide bonds. The minimum atomic E-state index is -0.459. The van der Waals surface area contributed by atoms with Gasteiger partial charge in [0.1, 0.15) is 11.5 Å². The Bertz CT molecular complexity index is 397. The number of nitrogens with zero attached hydrogens (tertiary/aromatic N) is 1. The van der Waals surface area contributed by atoms with Crippen LogP contribution in [0, 0.1) is 11.3 Å². The first-order valence-electron chi connectivity index (χ1n) is 7.86. The van der Waals surface area contributed by atoms with Crippen molar-refractivity contribution in [2.45, 2.75) is 53.1 Å². The molecule has 0 saturated carbocycles. The average Bonchev–Trinajstić information content (AvgIpc) is 2.43. The molecule has 0 aromatic carbocycles. The molecule has 1 heterocycles. The van der Waals surface area contributed by atoms with Crippen LogP contribution in [0.4, 0.5) is 4.79 Å². The van der Waals surface area contributed by atoms with E-state index in [0.29, 0.717) is 25.6 Å². The zero-order chi connectivity index (χ0) is 17.0. The van der Waals surface area contributed by atoms with Crippen molar-refractivity contribution in [3.63, 3.8) is 0 Å². The Morgan fingerprint density at radius 2 is 1.73 bits per heavy atom. The van der Waals surface area contributed by atoms with Crippen LogP contribution in [0.5, 0.6) is 0 Å². The number of likely N-dealkylation sites (tertiary alicyclic amines) is 1. The second-order valence-electron chi connectivity index (χ2n) is 7.64. The number of rotatable bonds is 4. The second kappa shape index (κ2) is 7.53. The van der Waals surface area contributed by atoms with Crippen LogP contribution in [-0.4, -0.2) is 48.0 Å². The van der Waals surface area contributed by atoms with Gasteiger partial charge in [-0.3, -0.25) is 4.79 Å². The van der Waals surface area contributed by atoms with Gasteiger partial charge in [-0.2, -0.15) is 0 Å². The van der Waals surface area contributed by atoms with Crippen molar-refractivity contribution in [1.29, 1.82) is 0 Å². The van der Waals surface area contributed by atoms with E-state index >= 15 is 0 Å². The third kappa shape index (κ3) is 6.03. The average molecular weight is 333 g/mol. The van der Waals surface area contributed by atoms with Gasteiger partial charge in [0, 0.05) is 19.6 Å². The highest BCUT2D eigenvalue weighted by Gasteiger charge is 2.35. The molecule has 0 radical (unpaired) electrons. The Balaban J connectivity index is 2.47. The summed E-state index contributed by atoms with van der Waals surface area (Å²) in [6.45, 7) is 11.9. The van der Waals surface area contributed by atoms with Crippen LogP contribution in [0.25, 0.3) is 0 Å². The van der Waals surface area contributed by atoms with Crippen molar-refractivity contribution < 1.29 is 14.3 Å². The lowest BCUT2D eigenvalue weighted by atomic mass is 9.73. The van der Waals surface area contributed by atoms with Crippen LogP contribution >= 0.6 is 11.6 Å². The molecular weight excluding hydrogens is 304 g/mol. The molecule has 22 heavy (non-hydrogen) atoms. The zero-order valence-electron chi connectivity index (χ0n) is 14.4. The summed E-state index contributed by atoms with van der Waals surface area (Å²) in [7, 11) is 0. The molecule has 1 fully saturated rings. The predicted molar refractivity (Wildman–Crippen MR) is 88.0 cm³/mol. The van der Waals surface area contributed by atoms with Crippen LogP contribution in [0.15, 0.2) is 0 Å². The third-order valence-electron chi connectivity index (χ3n) is 4.11. The number of carbonyl (C=O) groups is 2. The smallest absolute Gasteiger partial charge is 0.410 e. The van der Waals surface area contributed by atoms with Crippen molar-refractivity contribution >= 4 is 23.6 Å². The van der Waals surface area contributed by atoms with Crippen LogP contribution in [0.1, 0.15) is 47.5 Å². The van der Waals surface area contributed by atoms with E-state index in [2.05, 4.69) is 19.2 Å². The van der Waals surface area contributed by atoms with E-state index in [0.717, 1.165) is 12.8 Å². The van der Waals surface area contributed by atoms with Gasteiger partial charge in [-0.25, -0.2) is 4.79 Å². The first-order valence-corrected chi connectivity index (χ1v) is 8.39. The maximum atomic E-state index is 12.1. The van der Waals surface area contributed by atoms with Gasteiger partial charge in [-0.1, -0.05) is 13.8 Å². The fourth-order valence-corrected chi connectivity index (χ4v) is 2.78.